The van der Waals surface area contributed by atoms with Gasteiger partial charge in [-0.2, -0.15) is 16.9 Å². The Morgan fingerprint density at radius 1 is 1.32 bits per heavy atom. The molecule has 1 aromatic heterocycles. The molecule has 1 aromatic carbocycles. The Labute approximate surface area is 118 Å². The van der Waals surface area contributed by atoms with E-state index in [9.17, 15) is 4.79 Å². The molecule has 0 aliphatic heterocycles. The second-order valence-corrected chi connectivity index (χ2v) is 5.58. The van der Waals surface area contributed by atoms with Gasteiger partial charge in [-0.05, 0) is 24.3 Å². The highest BCUT2D eigenvalue weighted by molar-refractivity contribution is 7.99. The van der Waals surface area contributed by atoms with Crippen LogP contribution in [-0.2, 0) is 0 Å². The number of carbonyl (C=O) groups is 1. The van der Waals surface area contributed by atoms with Crippen molar-refractivity contribution in [3.05, 3.63) is 53.9 Å². The zero-order chi connectivity index (χ0) is 13.7. The number of benzene rings is 1. The molecular weight excluding hydrogens is 256 g/mol. The summed E-state index contributed by atoms with van der Waals surface area (Å²) in [6.45, 7) is 4.12. The third kappa shape index (κ3) is 3.26. The van der Waals surface area contributed by atoms with Crippen molar-refractivity contribution < 1.29 is 4.79 Å². The number of Topliss-reactive ketones (excluding diaryl/α,β-unsaturated/α-hetero) is 1. The van der Waals surface area contributed by atoms with E-state index >= 15 is 0 Å². The SMILES string of the molecule is CCSCC(=O)c1ccnn1[C@H](C)c1ccccc1. The predicted octanol–water partition coefficient (Wildman–Crippen LogP) is 3.43. The van der Waals surface area contributed by atoms with Crippen LogP contribution in [0.2, 0.25) is 0 Å². The summed E-state index contributed by atoms with van der Waals surface area (Å²) >= 11 is 1.64. The molecule has 100 valence electrons. The number of aromatic nitrogens is 2. The zero-order valence-electron chi connectivity index (χ0n) is 11.2. The summed E-state index contributed by atoms with van der Waals surface area (Å²) in [6, 6.07) is 12.0. The molecule has 0 aliphatic carbocycles. The number of hydrogen-bond acceptors (Lipinski definition) is 3. The molecule has 1 heterocycles. The van der Waals surface area contributed by atoms with Crippen molar-refractivity contribution in [3.63, 3.8) is 0 Å². The highest BCUT2D eigenvalue weighted by Crippen LogP contribution is 2.19. The lowest BCUT2D eigenvalue weighted by molar-refractivity contribution is 0.101. The number of hydrogen-bond donors (Lipinski definition) is 0. The van der Waals surface area contributed by atoms with Crippen molar-refractivity contribution >= 4 is 17.5 Å². The first-order chi connectivity index (χ1) is 9.24. The summed E-state index contributed by atoms with van der Waals surface area (Å²) in [5.74, 6) is 1.62. The smallest absolute Gasteiger partial charge is 0.190 e. The van der Waals surface area contributed by atoms with Crippen LogP contribution < -0.4 is 0 Å². The van der Waals surface area contributed by atoms with Gasteiger partial charge >= 0.3 is 0 Å². The van der Waals surface area contributed by atoms with E-state index in [-0.39, 0.29) is 11.8 Å². The molecule has 4 heteroatoms. The van der Waals surface area contributed by atoms with Gasteiger partial charge in [0.05, 0.1) is 11.8 Å². The summed E-state index contributed by atoms with van der Waals surface area (Å²) in [7, 11) is 0. The average molecular weight is 274 g/mol. The van der Waals surface area contributed by atoms with Crippen LogP contribution in [-0.4, -0.2) is 27.1 Å². The molecule has 19 heavy (non-hydrogen) atoms. The minimum absolute atomic E-state index is 0.0711. The predicted molar refractivity (Wildman–Crippen MR) is 79.8 cm³/mol. The maximum Gasteiger partial charge on any atom is 0.190 e. The molecule has 0 spiro atoms. The summed E-state index contributed by atoms with van der Waals surface area (Å²) < 4.78 is 1.81. The molecule has 2 aromatic rings. The number of rotatable bonds is 6. The second kappa shape index (κ2) is 6.57. The fraction of sp³-hybridized carbons (Fsp3) is 0.333. The zero-order valence-corrected chi connectivity index (χ0v) is 12.1. The fourth-order valence-corrected chi connectivity index (χ4v) is 2.52. The summed E-state index contributed by atoms with van der Waals surface area (Å²) in [5, 5.41) is 4.31. The van der Waals surface area contributed by atoms with Crippen molar-refractivity contribution in [3.8, 4) is 0 Å². The normalized spacial score (nSPS) is 12.3. The average Bonchev–Trinajstić information content (AvgIpc) is 2.94. The van der Waals surface area contributed by atoms with Crippen LogP contribution in [0.1, 0.15) is 35.9 Å². The molecule has 3 nitrogen and oxygen atoms in total. The molecule has 0 bridgehead atoms. The number of ketones is 1. The van der Waals surface area contributed by atoms with E-state index in [0.717, 1.165) is 11.3 Å². The molecule has 0 fully saturated rings. The van der Waals surface area contributed by atoms with Gasteiger partial charge in [-0.3, -0.25) is 9.48 Å². The standard InChI is InChI=1S/C15H18N2OS/c1-3-19-11-15(18)14-9-10-16-17(14)12(2)13-7-5-4-6-8-13/h4-10,12H,3,11H2,1-2H3/t12-/m1/s1. The summed E-state index contributed by atoms with van der Waals surface area (Å²) in [4.78, 5) is 12.1. The molecule has 0 N–H and O–H groups in total. The van der Waals surface area contributed by atoms with E-state index < -0.39 is 0 Å². The Kier molecular flexibility index (Phi) is 4.80. The fourth-order valence-electron chi connectivity index (χ4n) is 1.99. The van der Waals surface area contributed by atoms with Gasteiger partial charge in [0, 0.05) is 6.20 Å². The van der Waals surface area contributed by atoms with Crippen LogP contribution in [0.5, 0.6) is 0 Å². The third-order valence-corrected chi connectivity index (χ3v) is 3.92. The van der Waals surface area contributed by atoms with E-state index in [0.29, 0.717) is 11.4 Å². The number of thioether (sulfide) groups is 1. The topological polar surface area (TPSA) is 34.9 Å². The van der Waals surface area contributed by atoms with Gasteiger partial charge in [-0.1, -0.05) is 37.3 Å². The van der Waals surface area contributed by atoms with Gasteiger partial charge < -0.3 is 0 Å². The Morgan fingerprint density at radius 2 is 2.05 bits per heavy atom. The summed E-state index contributed by atoms with van der Waals surface area (Å²) in [5.41, 5.74) is 1.85. The highest BCUT2D eigenvalue weighted by atomic mass is 32.2. The van der Waals surface area contributed by atoms with Crippen LogP contribution >= 0.6 is 11.8 Å². The Balaban J connectivity index is 2.22. The first-order valence-corrected chi connectivity index (χ1v) is 7.59. The van der Waals surface area contributed by atoms with Gasteiger partial charge in [0.15, 0.2) is 5.78 Å². The van der Waals surface area contributed by atoms with E-state index in [2.05, 4.69) is 31.1 Å². The Morgan fingerprint density at radius 3 is 2.74 bits per heavy atom. The van der Waals surface area contributed by atoms with Crippen molar-refractivity contribution in [2.75, 3.05) is 11.5 Å². The monoisotopic (exact) mass is 274 g/mol. The van der Waals surface area contributed by atoms with Crippen LogP contribution in [0.25, 0.3) is 0 Å². The third-order valence-electron chi connectivity index (χ3n) is 3.04. The maximum atomic E-state index is 12.1. The molecule has 0 saturated carbocycles. The second-order valence-electron chi connectivity index (χ2n) is 4.31. The van der Waals surface area contributed by atoms with Crippen molar-refractivity contribution in [1.29, 1.82) is 0 Å². The van der Waals surface area contributed by atoms with Crippen molar-refractivity contribution in [2.45, 2.75) is 19.9 Å². The number of nitrogens with zero attached hydrogens (tertiary/aromatic N) is 2. The van der Waals surface area contributed by atoms with Crippen LogP contribution in [0, 0.1) is 0 Å². The van der Waals surface area contributed by atoms with Crippen LogP contribution in [0.3, 0.4) is 0 Å². The van der Waals surface area contributed by atoms with E-state index in [1.54, 1.807) is 24.0 Å². The molecule has 2 rings (SSSR count). The minimum atomic E-state index is 0.0711. The van der Waals surface area contributed by atoms with Crippen LogP contribution in [0.4, 0.5) is 0 Å². The van der Waals surface area contributed by atoms with E-state index in [4.69, 9.17) is 0 Å². The minimum Gasteiger partial charge on any atom is -0.292 e. The largest absolute Gasteiger partial charge is 0.292 e. The van der Waals surface area contributed by atoms with E-state index in [1.165, 1.54) is 0 Å². The molecule has 0 radical (unpaired) electrons. The quantitative estimate of drug-likeness (QED) is 0.757. The summed E-state index contributed by atoms with van der Waals surface area (Å²) in [6.07, 6.45) is 1.70. The molecule has 0 aliphatic rings. The lowest BCUT2D eigenvalue weighted by Gasteiger charge is -2.15. The molecule has 0 unspecified atom stereocenters. The van der Waals surface area contributed by atoms with Gasteiger partial charge in [0.25, 0.3) is 0 Å². The Hall–Kier alpha value is -1.55. The first kappa shape index (κ1) is 13.9. The van der Waals surface area contributed by atoms with E-state index in [1.807, 2.05) is 22.9 Å². The Bertz CT molecular complexity index is 536. The van der Waals surface area contributed by atoms with Gasteiger partial charge in [0.1, 0.15) is 5.69 Å². The molecule has 0 amide bonds. The molecule has 1 atom stereocenters. The van der Waals surface area contributed by atoms with Crippen molar-refractivity contribution in [1.82, 2.24) is 9.78 Å². The first-order valence-electron chi connectivity index (χ1n) is 6.43. The number of carbonyl (C=O) groups excluding carboxylic acids is 1. The molecule has 0 saturated heterocycles. The lowest BCUT2D eigenvalue weighted by atomic mass is 10.1. The highest BCUT2D eigenvalue weighted by Gasteiger charge is 2.17. The van der Waals surface area contributed by atoms with Gasteiger partial charge in [-0.25, -0.2) is 0 Å². The van der Waals surface area contributed by atoms with Crippen LogP contribution in [0.15, 0.2) is 42.6 Å². The maximum absolute atomic E-state index is 12.1. The lowest BCUT2D eigenvalue weighted by Crippen LogP contribution is -2.16. The van der Waals surface area contributed by atoms with Crippen molar-refractivity contribution in [2.24, 2.45) is 0 Å². The van der Waals surface area contributed by atoms with Gasteiger partial charge in [-0.15, -0.1) is 0 Å². The molecular formula is C15H18N2OS. The van der Waals surface area contributed by atoms with Gasteiger partial charge in [0.2, 0.25) is 0 Å².